The number of carboxylic acids is 1. The van der Waals surface area contributed by atoms with Crippen molar-refractivity contribution in [3.63, 3.8) is 0 Å². The van der Waals surface area contributed by atoms with Crippen molar-refractivity contribution < 1.29 is 32.5 Å². The maximum Gasteiger partial charge on any atom is 0.490 e. The highest BCUT2D eigenvalue weighted by Gasteiger charge is 2.44. The molecule has 2 fully saturated rings. The fourth-order valence-corrected chi connectivity index (χ4v) is 4.26. The standard InChI is InChI=1S/C17H21N3O2S.C2HF3O2/c1-2-6-18-15(4-1)22-14-10-17(21-12-14)5-3-8-20(13-17)11-16-19-7-9-23-16;3-2(4,5)1(6)7/h1-2,4,6-7,9,14H,3,5,8,10-13H2;(H,6,7)/t14-,17+;/m1./s1. The molecule has 1 spiro atoms. The lowest BCUT2D eigenvalue weighted by Gasteiger charge is -2.39. The average Bonchev–Trinajstić information content (AvgIpc) is 3.33. The summed E-state index contributed by atoms with van der Waals surface area (Å²) >= 11 is 1.72. The van der Waals surface area contributed by atoms with Crippen molar-refractivity contribution in [3.8, 4) is 5.88 Å². The van der Waals surface area contributed by atoms with Crippen LogP contribution in [0.3, 0.4) is 0 Å². The topological polar surface area (TPSA) is 84.8 Å². The maximum atomic E-state index is 10.6. The summed E-state index contributed by atoms with van der Waals surface area (Å²) < 4.78 is 43.9. The zero-order valence-corrected chi connectivity index (χ0v) is 16.9. The summed E-state index contributed by atoms with van der Waals surface area (Å²) in [6.45, 7) is 3.67. The number of aromatic nitrogens is 2. The zero-order chi connectivity index (χ0) is 21.6. The highest BCUT2D eigenvalue weighted by molar-refractivity contribution is 7.09. The van der Waals surface area contributed by atoms with Gasteiger partial charge in [-0.05, 0) is 25.5 Å². The first-order chi connectivity index (χ1) is 14.3. The fraction of sp³-hybridized carbons (Fsp3) is 0.526. The zero-order valence-electron chi connectivity index (χ0n) is 16.0. The number of carboxylic acid groups (broad SMARTS) is 1. The second kappa shape index (κ2) is 9.71. The molecule has 30 heavy (non-hydrogen) atoms. The lowest BCUT2D eigenvalue weighted by Crippen LogP contribution is -2.47. The number of alkyl halides is 3. The number of nitrogens with zero attached hydrogens (tertiary/aromatic N) is 3. The maximum absolute atomic E-state index is 10.6. The van der Waals surface area contributed by atoms with Gasteiger partial charge in [0.2, 0.25) is 5.88 Å². The van der Waals surface area contributed by atoms with Crippen LogP contribution in [-0.2, 0) is 16.1 Å². The van der Waals surface area contributed by atoms with Crippen LogP contribution >= 0.6 is 11.3 Å². The lowest BCUT2D eigenvalue weighted by molar-refractivity contribution is -0.192. The highest BCUT2D eigenvalue weighted by Crippen LogP contribution is 2.36. The van der Waals surface area contributed by atoms with Crippen molar-refractivity contribution >= 4 is 17.3 Å². The Balaban J connectivity index is 0.000000318. The van der Waals surface area contributed by atoms with E-state index in [9.17, 15) is 13.2 Å². The summed E-state index contributed by atoms with van der Waals surface area (Å²) in [5.41, 5.74) is -0.0606. The van der Waals surface area contributed by atoms with E-state index < -0.39 is 12.1 Å². The Morgan fingerprint density at radius 1 is 1.37 bits per heavy atom. The van der Waals surface area contributed by atoms with E-state index >= 15 is 0 Å². The molecule has 0 amide bonds. The Kier molecular flexibility index (Phi) is 7.27. The third-order valence-electron chi connectivity index (χ3n) is 4.80. The summed E-state index contributed by atoms with van der Waals surface area (Å²) in [7, 11) is 0. The van der Waals surface area contributed by atoms with Crippen molar-refractivity contribution in [2.45, 2.75) is 43.7 Å². The number of rotatable bonds is 4. The predicted octanol–water partition coefficient (Wildman–Crippen LogP) is 3.37. The summed E-state index contributed by atoms with van der Waals surface area (Å²) in [6, 6.07) is 5.75. The molecule has 0 radical (unpaired) electrons. The number of likely N-dealkylation sites (tertiary alicyclic amines) is 1. The molecule has 164 valence electrons. The van der Waals surface area contributed by atoms with Crippen molar-refractivity contribution in [2.24, 2.45) is 0 Å². The van der Waals surface area contributed by atoms with Crippen LogP contribution in [0.25, 0.3) is 0 Å². The second-order valence-electron chi connectivity index (χ2n) is 7.15. The van der Waals surface area contributed by atoms with Crippen LogP contribution in [0.2, 0.25) is 0 Å². The van der Waals surface area contributed by atoms with Crippen LogP contribution in [0, 0.1) is 0 Å². The van der Waals surface area contributed by atoms with Crippen molar-refractivity contribution in [3.05, 3.63) is 41.0 Å². The Morgan fingerprint density at radius 2 is 2.17 bits per heavy atom. The Hall–Kier alpha value is -2.24. The molecular weight excluding hydrogens is 423 g/mol. The number of ether oxygens (including phenoxy) is 2. The smallest absolute Gasteiger partial charge is 0.475 e. The number of thiazole rings is 1. The van der Waals surface area contributed by atoms with Gasteiger partial charge in [0.15, 0.2) is 0 Å². The third kappa shape index (κ3) is 6.38. The van der Waals surface area contributed by atoms with Crippen LogP contribution < -0.4 is 4.74 Å². The van der Waals surface area contributed by atoms with E-state index in [0.29, 0.717) is 12.5 Å². The summed E-state index contributed by atoms with van der Waals surface area (Å²) in [5, 5.41) is 10.3. The molecule has 2 aromatic heterocycles. The third-order valence-corrected chi connectivity index (χ3v) is 5.57. The molecule has 2 atom stereocenters. The summed E-state index contributed by atoms with van der Waals surface area (Å²) in [6.07, 6.45) is 1.88. The van der Waals surface area contributed by atoms with Crippen LogP contribution in [0.1, 0.15) is 24.3 Å². The molecule has 0 saturated carbocycles. The van der Waals surface area contributed by atoms with Crippen LogP contribution in [0.4, 0.5) is 13.2 Å². The molecule has 2 aromatic rings. The van der Waals surface area contributed by atoms with Gasteiger partial charge in [-0.25, -0.2) is 14.8 Å². The molecule has 4 rings (SSSR count). The predicted molar refractivity (Wildman–Crippen MR) is 102 cm³/mol. The Labute approximate surface area is 175 Å². The molecule has 0 aromatic carbocycles. The number of carbonyl (C=O) groups is 1. The summed E-state index contributed by atoms with van der Waals surface area (Å²) in [5.74, 6) is -2.07. The molecule has 2 aliphatic rings. The number of piperidine rings is 1. The number of halogens is 3. The van der Waals surface area contributed by atoms with Crippen molar-refractivity contribution in [2.75, 3.05) is 19.7 Å². The molecule has 11 heteroatoms. The van der Waals surface area contributed by atoms with Crippen LogP contribution in [0.5, 0.6) is 5.88 Å². The normalized spacial score (nSPS) is 24.3. The van der Waals surface area contributed by atoms with Crippen LogP contribution in [-0.4, -0.2) is 63.5 Å². The van der Waals surface area contributed by atoms with Gasteiger partial charge >= 0.3 is 12.1 Å². The largest absolute Gasteiger partial charge is 0.490 e. The minimum atomic E-state index is -5.08. The van der Waals surface area contributed by atoms with E-state index in [4.69, 9.17) is 19.4 Å². The first-order valence-corrected chi connectivity index (χ1v) is 10.3. The van der Waals surface area contributed by atoms with E-state index in [1.807, 2.05) is 29.8 Å². The number of hydrogen-bond donors (Lipinski definition) is 1. The highest BCUT2D eigenvalue weighted by atomic mass is 32.1. The molecular formula is C19H22F3N3O4S. The molecule has 4 heterocycles. The average molecular weight is 445 g/mol. The van der Waals surface area contributed by atoms with Crippen molar-refractivity contribution in [1.29, 1.82) is 0 Å². The molecule has 2 saturated heterocycles. The number of pyridine rings is 1. The van der Waals surface area contributed by atoms with E-state index in [1.54, 1.807) is 17.5 Å². The molecule has 1 N–H and O–H groups in total. The van der Waals surface area contributed by atoms with Gasteiger partial charge in [0.05, 0.1) is 18.8 Å². The van der Waals surface area contributed by atoms with Gasteiger partial charge in [0, 0.05) is 36.8 Å². The van der Waals surface area contributed by atoms with E-state index in [1.165, 1.54) is 11.4 Å². The van der Waals surface area contributed by atoms with Gasteiger partial charge in [0.1, 0.15) is 11.1 Å². The minimum absolute atomic E-state index is 0.0606. The molecule has 0 unspecified atom stereocenters. The number of aliphatic carboxylic acids is 1. The van der Waals surface area contributed by atoms with Crippen molar-refractivity contribution in [1.82, 2.24) is 14.9 Å². The first kappa shape index (κ1) is 22.4. The van der Waals surface area contributed by atoms with E-state index in [0.717, 1.165) is 32.5 Å². The molecule has 0 bridgehead atoms. The second-order valence-corrected chi connectivity index (χ2v) is 8.13. The Bertz CT molecular complexity index is 807. The summed E-state index contributed by atoms with van der Waals surface area (Å²) in [4.78, 5) is 20.0. The quantitative estimate of drug-likeness (QED) is 0.772. The van der Waals surface area contributed by atoms with E-state index in [2.05, 4.69) is 14.9 Å². The molecule has 0 aliphatic carbocycles. The SMILES string of the molecule is O=C(O)C(F)(F)F.c1ccc(O[C@H]2CO[C@@]3(CCCN(Cc4nccs4)C3)C2)nc1. The van der Waals surface area contributed by atoms with Crippen LogP contribution in [0.15, 0.2) is 36.0 Å². The lowest BCUT2D eigenvalue weighted by atomic mass is 9.89. The Morgan fingerprint density at radius 3 is 2.80 bits per heavy atom. The van der Waals surface area contributed by atoms with Gasteiger partial charge in [-0.15, -0.1) is 11.3 Å². The molecule has 7 nitrogen and oxygen atoms in total. The molecule has 2 aliphatic heterocycles. The first-order valence-electron chi connectivity index (χ1n) is 9.38. The van der Waals surface area contributed by atoms with Gasteiger partial charge < -0.3 is 14.6 Å². The van der Waals surface area contributed by atoms with Gasteiger partial charge in [0.25, 0.3) is 0 Å². The monoisotopic (exact) mass is 445 g/mol. The van der Waals surface area contributed by atoms with E-state index in [-0.39, 0.29) is 11.7 Å². The van der Waals surface area contributed by atoms with Gasteiger partial charge in [-0.3, -0.25) is 4.90 Å². The minimum Gasteiger partial charge on any atom is -0.475 e. The number of hydrogen-bond acceptors (Lipinski definition) is 7. The fourth-order valence-electron chi connectivity index (χ4n) is 3.60. The van der Waals surface area contributed by atoms with Gasteiger partial charge in [-0.2, -0.15) is 13.2 Å². The van der Waals surface area contributed by atoms with Gasteiger partial charge in [-0.1, -0.05) is 6.07 Å².